The van der Waals surface area contributed by atoms with Crippen LogP contribution in [-0.4, -0.2) is 48.7 Å². The highest BCUT2D eigenvalue weighted by molar-refractivity contribution is 6.07. The van der Waals surface area contributed by atoms with Crippen molar-refractivity contribution in [3.63, 3.8) is 0 Å². The molecular formula is C24H29N3O4. The molecule has 7 heteroatoms. The number of urea groups is 1. The summed E-state index contributed by atoms with van der Waals surface area (Å²) < 4.78 is 10.8. The average molecular weight is 424 g/mol. The first-order chi connectivity index (χ1) is 15.0. The number of amides is 3. The zero-order chi connectivity index (χ0) is 22.0. The van der Waals surface area contributed by atoms with Gasteiger partial charge in [0.25, 0.3) is 5.91 Å². The van der Waals surface area contributed by atoms with Crippen molar-refractivity contribution in [1.29, 1.82) is 0 Å². The van der Waals surface area contributed by atoms with Gasteiger partial charge in [-0.2, -0.15) is 0 Å². The number of methoxy groups -OCH3 is 1. The van der Waals surface area contributed by atoms with Crippen molar-refractivity contribution >= 4 is 11.9 Å². The molecule has 0 unspecified atom stereocenters. The Morgan fingerprint density at radius 1 is 1.13 bits per heavy atom. The molecule has 2 aromatic rings. The summed E-state index contributed by atoms with van der Waals surface area (Å²) in [7, 11) is 1.58. The summed E-state index contributed by atoms with van der Waals surface area (Å²) >= 11 is 0. The maximum absolute atomic E-state index is 13.3. The van der Waals surface area contributed by atoms with E-state index in [-0.39, 0.29) is 24.6 Å². The zero-order valence-corrected chi connectivity index (χ0v) is 18.3. The molecule has 31 heavy (non-hydrogen) atoms. The largest absolute Gasteiger partial charge is 0.497 e. The summed E-state index contributed by atoms with van der Waals surface area (Å²) in [5.41, 5.74) is 0.765. The van der Waals surface area contributed by atoms with Gasteiger partial charge in [0.05, 0.1) is 20.4 Å². The van der Waals surface area contributed by atoms with Crippen molar-refractivity contribution in [3.8, 4) is 11.5 Å². The van der Waals surface area contributed by atoms with E-state index in [2.05, 4.69) is 22.3 Å². The Morgan fingerprint density at radius 3 is 2.61 bits per heavy atom. The highest BCUT2D eigenvalue weighted by atomic mass is 16.5. The predicted molar refractivity (Wildman–Crippen MR) is 117 cm³/mol. The minimum Gasteiger partial charge on any atom is -0.497 e. The molecule has 2 fully saturated rings. The van der Waals surface area contributed by atoms with Gasteiger partial charge < -0.3 is 14.8 Å². The number of hydrogen-bond acceptors (Lipinski definition) is 5. The molecule has 0 radical (unpaired) electrons. The third kappa shape index (κ3) is 3.97. The second-order valence-electron chi connectivity index (χ2n) is 8.13. The first-order valence-corrected chi connectivity index (χ1v) is 10.7. The molecule has 1 N–H and O–H groups in total. The molecule has 164 valence electrons. The lowest BCUT2D eigenvalue weighted by atomic mass is 9.92. The van der Waals surface area contributed by atoms with E-state index in [1.165, 1.54) is 10.5 Å². The topological polar surface area (TPSA) is 71.1 Å². The Labute approximate surface area is 182 Å². The lowest BCUT2D eigenvalue weighted by Gasteiger charge is -2.29. The van der Waals surface area contributed by atoms with Gasteiger partial charge in [-0.15, -0.1) is 0 Å². The van der Waals surface area contributed by atoms with Crippen molar-refractivity contribution in [1.82, 2.24) is 15.1 Å². The average Bonchev–Trinajstić information content (AvgIpc) is 3.33. The molecule has 2 aliphatic rings. The van der Waals surface area contributed by atoms with Gasteiger partial charge in [0.15, 0.2) is 0 Å². The van der Waals surface area contributed by atoms with Crippen LogP contribution < -0.4 is 14.8 Å². The Hall–Kier alpha value is -3.06. The summed E-state index contributed by atoms with van der Waals surface area (Å²) in [6, 6.07) is 15.2. The monoisotopic (exact) mass is 423 g/mol. The van der Waals surface area contributed by atoms with E-state index < -0.39 is 5.54 Å². The summed E-state index contributed by atoms with van der Waals surface area (Å²) in [4.78, 5) is 29.7. The minimum absolute atomic E-state index is 0.167. The van der Waals surface area contributed by atoms with Crippen molar-refractivity contribution in [2.75, 3.05) is 26.9 Å². The van der Waals surface area contributed by atoms with Crippen LogP contribution in [0.5, 0.6) is 11.5 Å². The van der Waals surface area contributed by atoms with Crippen LogP contribution in [0.4, 0.5) is 4.79 Å². The Morgan fingerprint density at radius 2 is 1.90 bits per heavy atom. The molecule has 2 saturated heterocycles. The number of carbonyl (C=O) groups excluding carboxylic acids is 2. The van der Waals surface area contributed by atoms with E-state index in [9.17, 15) is 9.59 Å². The van der Waals surface area contributed by atoms with Crippen molar-refractivity contribution in [2.45, 2.75) is 38.3 Å². The molecule has 3 amide bonds. The maximum atomic E-state index is 13.3. The smallest absolute Gasteiger partial charge is 0.326 e. The Kier molecular flexibility index (Phi) is 5.87. The molecule has 7 nitrogen and oxygen atoms in total. The molecule has 2 atom stereocenters. The van der Waals surface area contributed by atoms with E-state index in [4.69, 9.17) is 9.47 Å². The highest BCUT2D eigenvalue weighted by Crippen LogP contribution is 2.35. The van der Waals surface area contributed by atoms with Crippen LogP contribution in [0.15, 0.2) is 48.5 Å². The van der Waals surface area contributed by atoms with Gasteiger partial charge in [-0.1, -0.05) is 24.3 Å². The first-order valence-electron chi connectivity index (χ1n) is 10.7. The number of rotatable bonds is 7. The molecule has 4 rings (SSSR count). The molecule has 0 saturated carbocycles. The van der Waals surface area contributed by atoms with Crippen LogP contribution in [-0.2, 0) is 10.3 Å². The van der Waals surface area contributed by atoms with E-state index in [1.807, 2.05) is 37.3 Å². The molecule has 2 heterocycles. The molecule has 2 aliphatic heterocycles. The summed E-state index contributed by atoms with van der Waals surface area (Å²) in [5, 5.41) is 2.89. The van der Waals surface area contributed by atoms with Crippen LogP contribution in [0.3, 0.4) is 0 Å². The quantitative estimate of drug-likeness (QED) is 0.689. The second-order valence-corrected chi connectivity index (χ2v) is 8.13. The number of benzene rings is 2. The predicted octanol–water partition coefficient (Wildman–Crippen LogP) is 3.66. The van der Waals surface area contributed by atoms with Gasteiger partial charge in [0.1, 0.15) is 17.0 Å². The number of nitrogens with one attached hydrogen (secondary N) is 1. The zero-order valence-electron chi connectivity index (χ0n) is 18.3. The third-order valence-electron chi connectivity index (χ3n) is 6.18. The fourth-order valence-corrected chi connectivity index (χ4v) is 4.46. The molecule has 0 aliphatic carbocycles. The number of carbonyl (C=O) groups is 2. The van der Waals surface area contributed by atoms with Crippen LogP contribution in [0.1, 0.15) is 43.9 Å². The van der Waals surface area contributed by atoms with Crippen LogP contribution in [0.25, 0.3) is 0 Å². The molecule has 0 spiro atoms. The van der Waals surface area contributed by atoms with E-state index in [0.29, 0.717) is 17.9 Å². The number of likely N-dealkylation sites (tertiary alicyclic amines) is 1. The van der Waals surface area contributed by atoms with Gasteiger partial charge in [-0.05, 0) is 62.1 Å². The number of ether oxygens (including phenoxy) is 2. The van der Waals surface area contributed by atoms with Gasteiger partial charge in [-0.25, -0.2) is 9.69 Å². The van der Waals surface area contributed by atoms with E-state index >= 15 is 0 Å². The standard InChI is InChI=1S/C24H29N3O4/c1-4-31-19-12-10-17(11-13-19)21-9-6-14-26(21)16-27-22(28)24(2,25-23(27)29)18-7-5-8-20(15-18)30-3/h5,7-8,10-13,15,21H,4,6,9,14,16H2,1-3H3,(H,25,29)/t21-,24-/m1/s1. The summed E-state index contributed by atoms with van der Waals surface area (Å²) in [5.74, 6) is 1.25. The number of hydrogen-bond donors (Lipinski definition) is 1. The van der Waals surface area contributed by atoms with Crippen molar-refractivity contribution in [3.05, 3.63) is 59.7 Å². The molecule has 2 aromatic carbocycles. The summed E-state index contributed by atoms with van der Waals surface area (Å²) in [6.45, 7) is 5.44. The fourth-order valence-electron chi connectivity index (χ4n) is 4.46. The lowest BCUT2D eigenvalue weighted by Crippen LogP contribution is -2.43. The van der Waals surface area contributed by atoms with Gasteiger partial charge >= 0.3 is 6.03 Å². The van der Waals surface area contributed by atoms with E-state index in [1.54, 1.807) is 20.1 Å². The van der Waals surface area contributed by atoms with Crippen molar-refractivity contribution in [2.24, 2.45) is 0 Å². The van der Waals surface area contributed by atoms with Crippen LogP contribution in [0, 0.1) is 0 Å². The van der Waals surface area contributed by atoms with Gasteiger partial charge in [0.2, 0.25) is 0 Å². The molecule has 0 aromatic heterocycles. The minimum atomic E-state index is -1.11. The van der Waals surface area contributed by atoms with Crippen LogP contribution >= 0.6 is 0 Å². The Bertz CT molecular complexity index is 962. The van der Waals surface area contributed by atoms with E-state index in [0.717, 1.165) is 25.1 Å². The number of nitrogens with zero attached hydrogens (tertiary/aromatic N) is 2. The third-order valence-corrected chi connectivity index (χ3v) is 6.18. The van der Waals surface area contributed by atoms with Crippen LogP contribution in [0.2, 0.25) is 0 Å². The molecule has 0 bridgehead atoms. The number of imide groups is 1. The van der Waals surface area contributed by atoms with Gasteiger partial charge in [0, 0.05) is 12.6 Å². The first kappa shape index (κ1) is 21.2. The lowest BCUT2D eigenvalue weighted by molar-refractivity contribution is -0.132. The Balaban J connectivity index is 1.51. The van der Waals surface area contributed by atoms with Gasteiger partial charge in [-0.3, -0.25) is 9.69 Å². The highest BCUT2D eigenvalue weighted by Gasteiger charge is 2.50. The fraction of sp³-hybridized carbons (Fsp3) is 0.417. The second kappa shape index (κ2) is 8.59. The summed E-state index contributed by atoms with van der Waals surface area (Å²) in [6.07, 6.45) is 2.01. The normalized spacial score (nSPS) is 23.8. The maximum Gasteiger partial charge on any atom is 0.326 e. The van der Waals surface area contributed by atoms with Crippen molar-refractivity contribution < 1.29 is 19.1 Å². The molecular weight excluding hydrogens is 394 g/mol. The SMILES string of the molecule is CCOc1ccc([C@H]2CCCN2CN2C(=O)N[C@](C)(c3cccc(OC)c3)C2=O)cc1.